The largest absolute Gasteiger partial charge is 0.496 e. The number of aryl methyl sites for hydroxylation is 1. The first-order chi connectivity index (χ1) is 11.9. The minimum atomic E-state index is -0.593. The van der Waals surface area contributed by atoms with E-state index in [1.54, 1.807) is 7.11 Å². The van der Waals surface area contributed by atoms with Crippen molar-refractivity contribution < 1.29 is 18.7 Å². The van der Waals surface area contributed by atoms with E-state index in [0.29, 0.717) is 5.69 Å². The summed E-state index contributed by atoms with van der Waals surface area (Å²) in [7, 11) is 1.59. The highest BCUT2D eigenvalue weighted by molar-refractivity contribution is 5.92. The van der Waals surface area contributed by atoms with Crippen LogP contribution in [0.25, 0.3) is 0 Å². The molecule has 3 N–H and O–H groups in total. The maximum atomic E-state index is 13.8. The Morgan fingerprint density at radius 2 is 1.88 bits per heavy atom. The predicted octanol–water partition coefficient (Wildman–Crippen LogP) is 3.42. The van der Waals surface area contributed by atoms with Gasteiger partial charge in [-0.1, -0.05) is 12.1 Å². The smallest absolute Gasteiger partial charge is 0.319 e. The molecule has 25 heavy (non-hydrogen) atoms. The van der Waals surface area contributed by atoms with Crippen molar-refractivity contribution in [1.82, 2.24) is 5.32 Å². The Hall–Kier alpha value is -3.09. The highest BCUT2D eigenvalue weighted by atomic mass is 19.1. The topological polar surface area (TPSA) is 79.5 Å². The van der Waals surface area contributed by atoms with E-state index in [1.807, 2.05) is 25.1 Å². The molecule has 0 aliphatic carbocycles. The van der Waals surface area contributed by atoms with Gasteiger partial charge in [0, 0.05) is 19.2 Å². The number of hydrogen-bond acceptors (Lipinski definition) is 3. The Kier molecular flexibility index (Phi) is 5.94. The second kappa shape index (κ2) is 8.14. The Balaban J connectivity index is 1.98. The van der Waals surface area contributed by atoms with Gasteiger partial charge in [-0.25, -0.2) is 9.18 Å². The van der Waals surface area contributed by atoms with Gasteiger partial charge in [0.2, 0.25) is 5.91 Å². The van der Waals surface area contributed by atoms with E-state index in [2.05, 4.69) is 16.0 Å². The second-order valence-corrected chi connectivity index (χ2v) is 5.49. The zero-order valence-corrected chi connectivity index (χ0v) is 14.3. The lowest BCUT2D eigenvalue weighted by atomic mass is 10.1. The summed E-state index contributed by atoms with van der Waals surface area (Å²) in [4.78, 5) is 23.0. The lowest BCUT2D eigenvalue weighted by Crippen LogP contribution is -2.28. The third-order valence-electron chi connectivity index (χ3n) is 3.45. The Morgan fingerprint density at radius 3 is 2.52 bits per heavy atom. The summed E-state index contributed by atoms with van der Waals surface area (Å²) in [5.74, 6) is -0.105. The molecule has 6 nitrogen and oxygen atoms in total. The molecule has 3 amide bonds. The molecule has 0 radical (unpaired) electrons. The predicted molar refractivity (Wildman–Crippen MR) is 94.3 cm³/mol. The van der Waals surface area contributed by atoms with Crippen LogP contribution in [-0.2, 0) is 11.3 Å². The van der Waals surface area contributed by atoms with Crippen LogP contribution in [0.2, 0.25) is 0 Å². The fraction of sp³-hybridized carbons (Fsp3) is 0.222. The molecule has 0 aliphatic heterocycles. The number of carbonyl (C=O) groups is 2. The van der Waals surface area contributed by atoms with E-state index >= 15 is 0 Å². The molecule has 0 bridgehead atoms. The summed E-state index contributed by atoms with van der Waals surface area (Å²) in [6, 6.07) is 8.95. The van der Waals surface area contributed by atoms with Crippen LogP contribution >= 0.6 is 0 Å². The van der Waals surface area contributed by atoms with Crippen molar-refractivity contribution in [2.24, 2.45) is 0 Å². The van der Waals surface area contributed by atoms with Crippen LogP contribution in [0.5, 0.6) is 5.75 Å². The summed E-state index contributed by atoms with van der Waals surface area (Å²) in [5.41, 5.74) is 2.22. The molecule has 132 valence electrons. The van der Waals surface area contributed by atoms with Crippen molar-refractivity contribution in [3.8, 4) is 5.75 Å². The van der Waals surface area contributed by atoms with E-state index in [4.69, 9.17) is 4.74 Å². The van der Waals surface area contributed by atoms with E-state index in [0.717, 1.165) is 16.9 Å². The van der Waals surface area contributed by atoms with Crippen LogP contribution in [0, 0.1) is 12.7 Å². The van der Waals surface area contributed by atoms with Crippen molar-refractivity contribution in [2.45, 2.75) is 20.4 Å². The lowest BCUT2D eigenvalue weighted by molar-refractivity contribution is -0.114. The number of amides is 3. The van der Waals surface area contributed by atoms with Crippen LogP contribution < -0.4 is 20.7 Å². The van der Waals surface area contributed by atoms with Gasteiger partial charge in [-0.3, -0.25) is 4.79 Å². The number of rotatable bonds is 5. The van der Waals surface area contributed by atoms with Crippen LogP contribution in [-0.4, -0.2) is 19.0 Å². The maximum absolute atomic E-state index is 13.8. The van der Waals surface area contributed by atoms with Gasteiger partial charge in [-0.15, -0.1) is 0 Å². The number of methoxy groups -OCH3 is 1. The van der Waals surface area contributed by atoms with Crippen molar-refractivity contribution in [2.75, 3.05) is 17.7 Å². The zero-order valence-electron chi connectivity index (χ0n) is 14.3. The summed E-state index contributed by atoms with van der Waals surface area (Å²) in [6.07, 6.45) is 0. The molecule has 0 unspecified atom stereocenters. The zero-order chi connectivity index (χ0) is 18.4. The van der Waals surface area contributed by atoms with Crippen LogP contribution in [0.3, 0.4) is 0 Å². The average Bonchev–Trinajstić information content (AvgIpc) is 2.55. The van der Waals surface area contributed by atoms with Crippen molar-refractivity contribution in [3.05, 3.63) is 53.3 Å². The molecule has 2 rings (SSSR count). The monoisotopic (exact) mass is 345 g/mol. The fourth-order valence-corrected chi connectivity index (χ4v) is 2.30. The Bertz CT molecular complexity index is 793. The van der Waals surface area contributed by atoms with E-state index in [-0.39, 0.29) is 18.1 Å². The number of ether oxygens (including phenoxy) is 1. The van der Waals surface area contributed by atoms with Crippen molar-refractivity contribution >= 4 is 23.3 Å². The maximum Gasteiger partial charge on any atom is 0.319 e. The third kappa shape index (κ3) is 5.20. The fourth-order valence-electron chi connectivity index (χ4n) is 2.30. The first-order valence-corrected chi connectivity index (χ1v) is 7.64. The quantitative estimate of drug-likeness (QED) is 0.777. The van der Waals surface area contributed by atoms with Gasteiger partial charge in [-0.05, 0) is 42.3 Å². The van der Waals surface area contributed by atoms with Gasteiger partial charge < -0.3 is 20.7 Å². The van der Waals surface area contributed by atoms with Gasteiger partial charge in [0.05, 0.1) is 12.8 Å². The SMILES string of the molecule is COc1ccc(CNC(=O)Nc2cc(NC(C)=O)ccc2F)cc1C. The number of halogens is 1. The van der Waals surface area contributed by atoms with Crippen LogP contribution in [0.1, 0.15) is 18.1 Å². The second-order valence-electron chi connectivity index (χ2n) is 5.49. The van der Waals surface area contributed by atoms with Gasteiger partial charge in [-0.2, -0.15) is 0 Å². The molecular formula is C18H20FN3O3. The van der Waals surface area contributed by atoms with Crippen LogP contribution in [0.4, 0.5) is 20.6 Å². The van der Waals surface area contributed by atoms with Gasteiger partial charge in [0.15, 0.2) is 0 Å². The number of benzene rings is 2. The molecule has 0 fully saturated rings. The Labute approximate surface area is 145 Å². The number of nitrogens with one attached hydrogen (secondary N) is 3. The number of carbonyl (C=O) groups excluding carboxylic acids is 2. The van der Waals surface area contributed by atoms with Crippen molar-refractivity contribution in [3.63, 3.8) is 0 Å². The summed E-state index contributed by atoms with van der Waals surface area (Å²) >= 11 is 0. The number of anilines is 2. The molecule has 2 aromatic rings. The minimum Gasteiger partial charge on any atom is -0.496 e. The summed E-state index contributed by atoms with van der Waals surface area (Å²) in [5, 5.41) is 7.62. The lowest BCUT2D eigenvalue weighted by Gasteiger charge is -2.11. The number of urea groups is 1. The average molecular weight is 345 g/mol. The molecule has 0 atom stereocenters. The molecule has 0 heterocycles. The summed E-state index contributed by atoms with van der Waals surface area (Å²) < 4.78 is 19.0. The number of hydrogen-bond donors (Lipinski definition) is 3. The highest BCUT2D eigenvalue weighted by Gasteiger charge is 2.09. The summed E-state index contributed by atoms with van der Waals surface area (Å²) in [6.45, 7) is 3.54. The first kappa shape index (κ1) is 18.3. The molecule has 0 saturated heterocycles. The Morgan fingerprint density at radius 1 is 1.12 bits per heavy atom. The van der Waals surface area contributed by atoms with Gasteiger partial charge in [0.1, 0.15) is 11.6 Å². The molecule has 0 spiro atoms. The van der Waals surface area contributed by atoms with Crippen LogP contribution in [0.15, 0.2) is 36.4 Å². The molecule has 7 heteroatoms. The standard InChI is InChI=1S/C18H20FN3O3/c1-11-8-13(4-7-17(11)25-3)10-20-18(24)22-16-9-14(21-12(2)23)5-6-15(16)19/h4-9H,10H2,1-3H3,(H,21,23)(H2,20,22,24). The molecular weight excluding hydrogens is 325 g/mol. The van der Waals surface area contributed by atoms with E-state index in [1.165, 1.54) is 25.1 Å². The van der Waals surface area contributed by atoms with E-state index in [9.17, 15) is 14.0 Å². The highest BCUT2D eigenvalue weighted by Crippen LogP contribution is 2.20. The molecule has 0 saturated carbocycles. The third-order valence-corrected chi connectivity index (χ3v) is 3.45. The van der Waals surface area contributed by atoms with E-state index < -0.39 is 11.8 Å². The first-order valence-electron chi connectivity index (χ1n) is 7.64. The molecule has 0 aliphatic rings. The van der Waals surface area contributed by atoms with Crippen molar-refractivity contribution in [1.29, 1.82) is 0 Å². The van der Waals surface area contributed by atoms with Gasteiger partial charge >= 0.3 is 6.03 Å². The van der Waals surface area contributed by atoms with Gasteiger partial charge in [0.25, 0.3) is 0 Å². The molecule has 2 aromatic carbocycles. The minimum absolute atomic E-state index is 0.0188. The molecule has 0 aromatic heterocycles. The normalized spacial score (nSPS) is 10.1.